The van der Waals surface area contributed by atoms with E-state index >= 15 is 0 Å². The molecule has 0 aromatic rings. The summed E-state index contributed by atoms with van der Waals surface area (Å²) in [5.74, 6) is 0. The van der Waals surface area contributed by atoms with E-state index in [0.717, 1.165) is 35.3 Å². The fraction of sp³-hybridized carbons (Fsp3) is 1.00. The molecule has 1 heterocycles. The first-order valence-electron chi connectivity index (χ1n) is 14.4. The fourth-order valence-corrected chi connectivity index (χ4v) is 15.0. The maximum atomic E-state index is 7.08. The maximum absolute atomic E-state index is 7.08. The second-order valence-corrected chi connectivity index (χ2v) is 16.6. The number of rotatable bonds is 8. The predicted octanol–water partition coefficient (Wildman–Crippen LogP) is 8.81. The largest absolute Gasteiger partial charge is 0.357 e. The molecule has 2 nitrogen and oxygen atoms in total. The summed E-state index contributed by atoms with van der Waals surface area (Å²) in [6, 6.07) is 0.766. The van der Waals surface area contributed by atoms with Crippen molar-refractivity contribution in [1.29, 1.82) is 0 Å². The van der Waals surface area contributed by atoms with Crippen LogP contribution in [0.4, 0.5) is 0 Å². The third-order valence-corrected chi connectivity index (χ3v) is 15.9. The van der Waals surface area contributed by atoms with Gasteiger partial charge in [-0.1, -0.05) is 64.2 Å². The molecule has 1 saturated heterocycles. The first-order chi connectivity index (χ1) is 15.4. The zero-order valence-corrected chi connectivity index (χ0v) is 22.0. The van der Waals surface area contributed by atoms with Crippen LogP contribution >= 0.6 is 16.2 Å². The van der Waals surface area contributed by atoms with Gasteiger partial charge < -0.3 is 4.52 Å². The molecule has 4 aliphatic carbocycles. The first kappa shape index (κ1) is 23.5. The minimum absolute atomic E-state index is 0.0718. The van der Waals surface area contributed by atoms with Gasteiger partial charge in [-0.05, 0) is 83.6 Å². The van der Waals surface area contributed by atoms with Gasteiger partial charge in [0.15, 0.2) is 0 Å². The normalized spacial score (nSPS) is 31.0. The zero-order chi connectivity index (χ0) is 20.9. The molecule has 0 radical (unpaired) electrons. The van der Waals surface area contributed by atoms with Gasteiger partial charge in [0.05, 0.1) is 6.61 Å². The monoisotopic (exact) mass is 465 g/mol. The smallest absolute Gasteiger partial charge is 0.0668 e. The van der Waals surface area contributed by atoms with Crippen molar-refractivity contribution in [2.75, 3.05) is 13.2 Å². The van der Waals surface area contributed by atoms with Gasteiger partial charge in [0, 0.05) is 32.1 Å². The van der Waals surface area contributed by atoms with Crippen LogP contribution in [0.15, 0.2) is 0 Å². The fourth-order valence-electron chi connectivity index (χ4n) is 7.70. The average Bonchev–Trinajstić information content (AvgIpc) is 3.60. The molecule has 1 aliphatic heterocycles. The van der Waals surface area contributed by atoms with Crippen LogP contribution in [0.25, 0.3) is 0 Å². The zero-order valence-electron chi connectivity index (χ0n) is 20.2. The summed E-state index contributed by atoms with van der Waals surface area (Å²) in [6.45, 7) is 2.49. The van der Waals surface area contributed by atoms with Crippen LogP contribution in [-0.2, 0) is 4.52 Å². The highest BCUT2D eigenvalue weighted by Gasteiger charge is 2.41. The van der Waals surface area contributed by atoms with Crippen LogP contribution < -0.4 is 0 Å². The summed E-state index contributed by atoms with van der Waals surface area (Å²) in [4.78, 5) is 0. The highest BCUT2D eigenvalue weighted by atomic mass is 31.1. The topological polar surface area (TPSA) is 12.5 Å². The Morgan fingerprint density at radius 1 is 0.516 bits per heavy atom. The molecular weight excluding hydrogens is 416 g/mol. The van der Waals surface area contributed by atoms with Crippen molar-refractivity contribution in [3.05, 3.63) is 0 Å². The van der Waals surface area contributed by atoms with Crippen molar-refractivity contribution >= 4 is 16.2 Å². The summed E-state index contributed by atoms with van der Waals surface area (Å²) < 4.78 is 10.2. The van der Waals surface area contributed by atoms with E-state index in [4.69, 9.17) is 4.52 Å². The van der Waals surface area contributed by atoms with E-state index in [1.54, 1.807) is 25.7 Å². The molecule has 0 spiro atoms. The van der Waals surface area contributed by atoms with Crippen molar-refractivity contribution < 1.29 is 4.52 Å². The number of nitrogens with zero attached hydrogens (tertiary/aromatic N) is 1. The predicted molar refractivity (Wildman–Crippen MR) is 138 cm³/mol. The minimum atomic E-state index is -0.166. The molecule has 4 saturated carbocycles. The molecule has 0 N–H and O–H groups in total. The van der Waals surface area contributed by atoms with E-state index in [9.17, 15) is 0 Å². The van der Waals surface area contributed by atoms with Gasteiger partial charge in [-0.2, -0.15) is 0 Å². The van der Waals surface area contributed by atoms with Crippen LogP contribution in [0.3, 0.4) is 0 Å². The summed E-state index contributed by atoms with van der Waals surface area (Å²) in [5, 5.41) is 0. The Balaban J connectivity index is 1.26. The van der Waals surface area contributed by atoms with Gasteiger partial charge in [-0.15, -0.1) is 0 Å². The Hall–Kier alpha value is 0.780. The molecule has 5 rings (SSSR count). The van der Waals surface area contributed by atoms with Crippen LogP contribution in [0, 0.1) is 0 Å². The SMILES string of the molecule is C1CCC(P(C2CCCCC2)N2CCCC2COP(C2CCCC2)C2CCCC2)CC1. The molecule has 4 heteroatoms. The van der Waals surface area contributed by atoms with Crippen LogP contribution in [0.5, 0.6) is 0 Å². The van der Waals surface area contributed by atoms with E-state index in [0.29, 0.717) is 0 Å². The molecule has 0 amide bonds. The van der Waals surface area contributed by atoms with E-state index in [1.165, 1.54) is 109 Å². The highest BCUT2D eigenvalue weighted by molar-refractivity contribution is 7.56. The Kier molecular flexibility index (Phi) is 9.07. The molecule has 1 unspecified atom stereocenters. The van der Waals surface area contributed by atoms with Crippen LogP contribution in [-0.4, -0.2) is 46.5 Å². The van der Waals surface area contributed by atoms with Crippen LogP contribution in [0.2, 0.25) is 0 Å². The second-order valence-electron chi connectivity index (χ2n) is 11.5. The Morgan fingerprint density at radius 2 is 0.968 bits per heavy atom. The van der Waals surface area contributed by atoms with E-state index in [-0.39, 0.29) is 16.2 Å². The van der Waals surface area contributed by atoms with Crippen molar-refractivity contribution in [1.82, 2.24) is 4.67 Å². The molecule has 5 aliphatic rings. The molecule has 1 atom stereocenters. The third kappa shape index (κ3) is 5.89. The van der Waals surface area contributed by atoms with Gasteiger partial charge in [0.1, 0.15) is 0 Å². The molecule has 178 valence electrons. The lowest BCUT2D eigenvalue weighted by Crippen LogP contribution is -2.37. The van der Waals surface area contributed by atoms with Crippen molar-refractivity contribution in [3.63, 3.8) is 0 Å². The van der Waals surface area contributed by atoms with Crippen molar-refractivity contribution in [2.45, 2.75) is 157 Å². The maximum Gasteiger partial charge on any atom is 0.0668 e. The van der Waals surface area contributed by atoms with Gasteiger partial charge in [0.2, 0.25) is 0 Å². The summed E-state index contributed by atoms with van der Waals surface area (Å²) in [6.07, 6.45) is 29.9. The summed E-state index contributed by atoms with van der Waals surface area (Å²) in [7, 11) is -0.0940. The Morgan fingerprint density at radius 3 is 1.48 bits per heavy atom. The summed E-state index contributed by atoms with van der Waals surface area (Å²) in [5.41, 5.74) is 4.01. The van der Waals surface area contributed by atoms with Gasteiger partial charge in [-0.3, -0.25) is 4.67 Å². The van der Waals surface area contributed by atoms with Crippen molar-refractivity contribution in [2.24, 2.45) is 0 Å². The Bertz CT molecular complexity index is 487. The molecule has 0 aromatic heterocycles. The lowest BCUT2D eigenvalue weighted by Gasteiger charge is -2.45. The number of hydrogen-bond donors (Lipinski definition) is 0. The lowest BCUT2D eigenvalue weighted by atomic mass is 10.00. The average molecular weight is 466 g/mol. The van der Waals surface area contributed by atoms with Crippen molar-refractivity contribution in [3.8, 4) is 0 Å². The number of hydrogen-bond acceptors (Lipinski definition) is 2. The van der Waals surface area contributed by atoms with E-state index in [2.05, 4.69) is 4.67 Å². The van der Waals surface area contributed by atoms with E-state index < -0.39 is 0 Å². The van der Waals surface area contributed by atoms with Gasteiger partial charge >= 0.3 is 0 Å². The van der Waals surface area contributed by atoms with Gasteiger partial charge in [0.25, 0.3) is 0 Å². The second kappa shape index (κ2) is 12.0. The molecule has 0 bridgehead atoms. The first-order valence-corrected chi connectivity index (χ1v) is 17.2. The van der Waals surface area contributed by atoms with Gasteiger partial charge in [-0.25, -0.2) is 0 Å². The Labute approximate surface area is 195 Å². The molecule has 5 fully saturated rings. The minimum Gasteiger partial charge on any atom is -0.357 e. The quantitative estimate of drug-likeness (QED) is 0.332. The highest BCUT2D eigenvalue weighted by Crippen LogP contribution is 2.62. The van der Waals surface area contributed by atoms with Crippen LogP contribution in [0.1, 0.15) is 128 Å². The van der Waals surface area contributed by atoms with E-state index in [1.807, 2.05) is 0 Å². The molecular formula is C27H49NOP2. The third-order valence-electron chi connectivity index (χ3n) is 9.33. The molecule has 0 aromatic carbocycles. The summed E-state index contributed by atoms with van der Waals surface area (Å²) >= 11 is 0. The standard InChI is InChI=1S/C27H49NOP2/c1-3-13-24(14-4-1)30(25-15-5-2-6-16-25)28-21-11-12-23(28)22-29-31(26-17-7-8-18-26)27-19-9-10-20-27/h23-27H,1-22H2. The lowest BCUT2D eigenvalue weighted by molar-refractivity contribution is 0.247. The molecule has 31 heavy (non-hydrogen) atoms.